The Labute approximate surface area is 214 Å². The molecule has 37 heavy (non-hydrogen) atoms. The number of carbonyl (C=O) groups excluding carboxylic acids is 2. The van der Waals surface area contributed by atoms with Gasteiger partial charge in [-0.2, -0.15) is 0 Å². The number of nitrogens with zero attached hydrogens (tertiary/aromatic N) is 1. The predicted octanol–water partition coefficient (Wildman–Crippen LogP) is 3.76. The van der Waals surface area contributed by atoms with E-state index in [0.29, 0.717) is 29.2 Å². The summed E-state index contributed by atoms with van der Waals surface area (Å²) in [5, 5.41) is 16.5. The van der Waals surface area contributed by atoms with Gasteiger partial charge in [0.2, 0.25) is 10.0 Å². The molecule has 1 amide bonds. The molecule has 9 nitrogen and oxygen atoms in total. The maximum absolute atomic E-state index is 13.3. The lowest BCUT2D eigenvalue weighted by Gasteiger charge is -2.25. The van der Waals surface area contributed by atoms with Gasteiger partial charge in [0.05, 0.1) is 30.2 Å². The van der Waals surface area contributed by atoms with Gasteiger partial charge in [0.15, 0.2) is 0 Å². The van der Waals surface area contributed by atoms with E-state index in [9.17, 15) is 23.1 Å². The number of hydrogen-bond acceptors (Lipinski definition) is 7. The van der Waals surface area contributed by atoms with Gasteiger partial charge >= 0.3 is 0 Å². The summed E-state index contributed by atoms with van der Waals surface area (Å²) >= 11 is 0. The molecule has 0 saturated carbocycles. The fourth-order valence-electron chi connectivity index (χ4n) is 4.11. The van der Waals surface area contributed by atoms with Crippen LogP contribution in [0.25, 0.3) is 5.76 Å². The lowest BCUT2D eigenvalue weighted by Crippen LogP contribution is -2.29. The smallest absolute Gasteiger partial charge is 0.300 e. The quantitative estimate of drug-likeness (QED) is 0.261. The van der Waals surface area contributed by atoms with Crippen molar-refractivity contribution < 1.29 is 32.6 Å². The second-order valence-corrected chi connectivity index (χ2v) is 9.92. The molecule has 1 unspecified atom stereocenters. The minimum atomic E-state index is -3.96. The van der Waals surface area contributed by atoms with Crippen molar-refractivity contribution in [3.63, 3.8) is 0 Å². The molecule has 1 saturated heterocycles. The Morgan fingerprint density at radius 1 is 1.00 bits per heavy atom. The number of amides is 1. The predicted molar refractivity (Wildman–Crippen MR) is 138 cm³/mol. The highest BCUT2D eigenvalue weighted by Gasteiger charge is 2.47. The molecule has 0 radical (unpaired) electrons. The number of nitrogens with two attached hydrogens (primary N) is 1. The molecule has 192 valence electrons. The van der Waals surface area contributed by atoms with Crippen molar-refractivity contribution in [3.8, 4) is 11.5 Å². The summed E-state index contributed by atoms with van der Waals surface area (Å²) in [6, 6.07) is 17.7. The summed E-state index contributed by atoms with van der Waals surface area (Å²) in [7, 11) is -2.44. The Morgan fingerprint density at radius 3 is 2.27 bits per heavy atom. The second kappa shape index (κ2) is 10.5. The highest BCUT2D eigenvalue weighted by Crippen LogP contribution is 2.42. The minimum Gasteiger partial charge on any atom is -0.507 e. The van der Waals surface area contributed by atoms with Gasteiger partial charge in [-0.15, -0.1) is 0 Å². The van der Waals surface area contributed by atoms with Gasteiger partial charge in [0.1, 0.15) is 17.3 Å². The molecule has 0 bridgehead atoms. The van der Waals surface area contributed by atoms with E-state index in [-0.39, 0.29) is 21.9 Å². The Kier molecular flexibility index (Phi) is 7.33. The number of ether oxygens (including phenoxy) is 2. The van der Waals surface area contributed by atoms with E-state index in [1.165, 1.54) is 36.3 Å². The largest absolute Gasteiger partial charge is 0.507 e. The van der Waals surface area contributed by atoms with Crippen LogP contribution >= 0.6 is 0 Å². The van der Waals surface area contributed by atoms with Crippen LogP contribution in [0.15, 0.2) is 83.3 Å². The topological polar surface area (TPSA) is 136 Å². The first-order valence-corrected chi connectivity index (χ1v) is 13.0. The van der Waals surface area contributed by atoms with E-state index < -0.39 is 27.8 Å². The normalized spacial score (nSPS) is 17.2. The van der Waals surface area contributed by atoms with E-state index in [2.05, 4.69) is 0 Å². The third kappa shape index (κ3) is 5.20. The molecule has 1 atom stereocenters. The number of aliphatic hydroxyl groups excluding tert-OH is 1. The van der Waals surface area contributed by atoms with Crippen LogP contribution in [0.1, 0.15) is 30.5 Å². The van der Waals surface area contributed by atoms with Crippen LogP contribution in [0.3, 0.4) is 0 Å². The second-order valence-electron chi connectivity index (χ2n) is 8.36. The van der Waals surface area contributed by atoms with E-state index in [4.69, 9.17) is 14.6 Å². The average molecular weight is 523 g/mol. The van der Waals surface area contributed by atoms with Crippen molar-refractivity contribution in [2.24, 2.45) is 5.14 Å². The SMILES string of the molecule is CCCOc1cccc(/C(O)=C2\C(=O)C(=O)N(c3ccc(S(N)(=O)=O)cc3)C2c2ccc(OC)cc2)c1. The van der Waals surface area contributed by atoms with Gasteiger partial charge in [0.25, 0.3) is 11.7 Å². The van der Waals surface area contributed by atoms with Crippen LogP contribution in [-0.4, -0.2) is 38.9 Å². The molecule has 0 spiro atoms. The van der Waals surface area contributed by atoms with Crippen LogP contribution in [0.5, 0.6) is 11.5 Å². The van der Waals surface area contributed by atoms with Crippen LogP contribution in [0.4, 0.5) is 5.69 Å². The van der Waals surface area contributed by atoms with Crippen molar-refractivity contribution in [2.45, 2.75) is 24.3 Å². The number of anilines is 1. The Balaban J connectivity index is 1.88. The summed E-state index contributed by atoms with van der Waals surface area (Å²) in [5.74, 6) is -1.03. The lowest BCUT2D eigenvalue weighted by molar-refractivity contribution is -0.132. The molecule has 0 aliphatic carbocycles. The fraction of sp³-hybridized carbons (Fsp3) is 0.185. The number of rotatable bonds is 8. The van der Waals surface area contributed by atoms with Crippen molar-refractivity contribution in [3.05, 3.63) is 89.5 Å². The minimum absolute atomic E-state index is 0.113. The molecule has 10 heteroatoms. The molecule has 3 aromatic rings. The number of aliphatic hydroxyl groups is 1. The van der Waals surface area contributed by atoms with Crippen molar-refractivity contribution in [1.82, 2.24) is 0 Å². The van der Waals surface area contributed by atoms with Crippen molar-refractivity contribution >= 4 is 33.2 Å². The number of ketones is 1. The third-order valence-corrected chi connectivity index (χ3v) is 6.83. The van der Waals surface area contributed by atoms with Gasteiger partial charge in [-0.3, -0.25) is 14.5 Å². The summed E-state index contributed by atoms with van der Waals surface area (Å²) in [6.07, 6.45) is 0.795. The maximum Gasteiger partial charge on any atom is 0.300 e. The summed E-state index contributed by atoms with van der Waals surface area (Å²) in [5.41, 5.74) is 0.998. The number of methoxy groups -OCH3 is 1. The monoisotopic (exact) mass is 522 g/mol. The molecule has 1 aliphatic heterocycles. The Bertz CT molecular complexity index is 1460. The molecule has 4 rings (SSSR count). The van der Waals surface area contributed by atoms with E-state index in [1.807, 2.05) is 6.92 Å². The molecule has 1 heterocycles. The summed E-state index contributed by atoms with van der Waals surface area (Å²) in [6.45, 7) is 2.45. The number of Topliss-reactive ketones (excluding diaryl/α,β-unsaturated/α-hetero) is 1. The highest BCUT2D eigenvalue weighted by molar-refractivity contribution is 7.89. The molecule has 3 aromatic carbocycles. The van der Waals surface area contributed by atoms with E-state index in [1.54, 1.807) is 48.5 Å². The number of carbonyl (C=O) groups is 2. The van der Waals surface area contributed by atoms with Gasteiger partial charge in [-0.25, -0.2) is 13.6 Å². The molecular weight excluding hydrogens is 496 g/mol. The first-order chi connectivity index (χ1) is 17.7. The summed E-state index contributed by atoms with van der Waals surface area (Å²) in [4.78, 5) is 27.7. The highest BCUT2D eigenvalue weighted by atomic mass is 32.2. The molecule has 0 aromatic heterocycles. The van der Waals surface area contributed by atoms with Gasteiger partial charge in [0, 0.05) is 11.3 Å². The van der Waals surface area contributed by atoms with Crippen LogP contribution < -0.4 is 19.5 Å². The van der Waals surface area contributed by atoms with E-state index in [0.717, 1.165) is 6.42 Å². The number of primary sulfonamides is 1. The Morgan fingerprint density at radius 2 is 1.68 bits per heavy atom. The lowest BCUT2D eigenvalue weighted by atomic mass is 9.95. The zero-order valence-corrected chi connectivity index (χ0v) is 21.1. The van der Waals surface area contributed by atoms with Crippen molar-refractivity contribution in [1.29, 1.82) is 0 Å². The first-order valence-electron chi connectivity index (χ1n) is 11.5. The zero-order valence-electron chi connectivity index (χ0n) is 20.2. The van der Waals surface area contributed by atoms with Crippen LogP contribution in [-0.2, 0) is 19.6 Å². The molecule has 1 fully saturated rings. The number of benzene rings is 3. The van der Waals surface area contributed by atoms with Crippen molar-refractivity contribution in [2.75, 3.05) is 18.6 Å². The zero-order chi connectivity index (χ0) is 26.7. The third-order valence-electron chi connectivity index (χ3n) is 5.90. The van der Waals surface area contributed by atoms with E-state index >= 15 is 0 Å². The fourth-order valence-corrected chi connectivity index (χ4v) is 4.62. The molecule has 3 N–H and O–H groups in total. The number of hydrogen-bond donors (Lipinski definition) is 2. The molecule has 1 aliphatic rings. The van der Waals surface area contributed by atoms with Crippen LogP contribution in [0, 0.1) is 0 Å². The van der Waals surface area contributed by atoms with Crippen LogP contribution in [0.2, 0.25) is 0 Å². The van der Waals surface area contributed by atoms with Gasteiger partial charge < -0.3 is 14.6 Å². The first kappa shape index (κ1) is 25.9. The average Bonchev–Trinajstić information content (AvgIpc) is 3.17. The van der Waals surface area contributed by atoms with Gasteiger partial charge in [-0.1, -0.05) is 31.2 Å². The maximum atomic E-state index is 13.3. The number of sulfonamides is 1. The standard InChI is InChI=1S/C27H26N2O7S/c1-3-15-36-21-6-4-5-18(16-21)25(30)23-24(17-7-11-20(35-2)12-8-17)29(27(32)26(23)31)19-9-13-22(14-10-19)37(28,33)34/h4-14,16,24,30H,3,15H2,1-2H3,(H2,28,33,34)/b25-23+. The summed E-state index contributed by atoms with van der Waals surface area (Å²) < 4.78 is 34.3. The molecular formula is C27H26N2O7S. The van der Waals surface area contributed by atoms with Gasteiger partial charge in [-0.05, 0) is 60.5 Å². The Hall–Kier alpha value is -4.15.